The first-order valence-electron chi connectivity index (χ1n) is 7.25. The zero-order chi connectivity index (χ0) is 15.4. The SMILES string of the molecule is CCC(C(=O)N1CC(C(=O)O)O[C@H](C)C1)c1ccccc1. The third kappa shape index (κ3) is 3.61. The van der Waals surface area contributed by atoms with Gasteiger partial charge >= 0.3 is 5.97 Å². The molecule has 0 aromatic heterocycles. The van der Waals surface area contributed by atoms with Crippen molar-refractivity contribution in [1.82, 2.24) is 4.90 Å². The van der Waals surface area contributed by atoms with Crippen LogP contribution in [0.25, 0.3) is 0 Å². The molecule has 0 spiro atoms. The van der Waals surface area contributed by atoms with Crippen LogP contribution in [0.5, 0.6) is 0 Å². The van der Waals surface area contributed by atoms with Gasteiger partial charge in [-0.1, -0.05) is 37.3 Å². The van der Waals surface area contributed by atoms with Crippen LogP contribution in [0.2, 0.25) is 0 Å². The van der Waals surface area contributed by atoms with E-state index in [4.69, 9.17) is 9.84 Å². The summed E-state index contributed by atoms with van der Waals surface area (Å²) >= 11 is 0. The van der Waals surface area contributed by atoms with Crippen LogP contribution < -0.4 is 0 Å². The fraction of sp³-hybridized carbons (Fsp3) is 0.500. The van der Waals surface area contributed by atoms with Crippen LogP contribution >= 0.6 is 0 Å². The number of nitrogens with zero attached hydrogens (tertiary/aromatic N) is 1. The lowest BCUT2D eigenvalue weighted by atomic mass is 9.94. The Kier molecular flexibility index (Phi) is 4.96. The predicted octanol–water partition coefficient (Wildman–Crippen LogP) is 1.88. The molecule has 5 heteroatoms. The van der Waals surface area contributed by atoms with E-state index in [1.807, 2.05) is 37.3 Å². The molecule has 0 radical (unpaired) electrons. The summed E-state index contributed by atoms with van der Waals surface area (Å²) in [5.41, 5.74) is 0.969. The fourth-order valence-corrected chi connectivity index (χ4v) is 2.73. The number of morpholine rings is 1. The van der Waals surface area contributed by atoms with Gasteiger partial charge in [-0.3, -0.25) is 4.79 Å². The van der Waals surface area contributed by atoms with Crippen molar-refractivity contribution in [3.63, 3.8) is 0 Å². The normalized spacial score (nSPS) is 23.6. The number of rotatable bonds is 4. The van der Waals surface area contributed by atoms with E-state index in [2.05, 4.69) is 0 Å². The van der Waals surface area contributed by atoms with E-state index in [9.17, 15) is 9.59 Å². The van der Waals surface area contributed by atoms with Crippen LogP contribution in [0.3, 0.4) is 0 Å². The number of amides is 1. The first kappa shape index (κ1) is 15.5. The summed E-state index contributed by atoms with van der Waals surface area (Å²) in [5.74, 6) is -1.27. The van der Waals surface area contributed by atoms with E-state index >= 15 is 0 Å². The second-order valence-electron chi connectivity index (χ2n) is 5.39. The van der Waals surface area contributed by atoms with Gasteiger partial charge in [0.15, 0.2) is 6.10 Å². The molecule has 114 valence electrons. The molecule has 0 aliphatic carbocycles. The molecular weight excluding hydrogens is 270 g/mol. The number of benzene rings is 1. The summed E-state index contributed by atoms with van der Waals surface area (Å²) in [7, 11) is 0. The topological polar surface area (TPSA) is 66.8 Å². The van der Waals surface area contributed by atoms with Crippen molar-refractivity contribution < 1.29 is 19.4 Å². The van der Waals surface area contributed by atoms with Gasteiger partial charge in [-0.15, -0.1) is 0 Å². The Bertz CT molecular complexity index is 502. The van der Waals surface area contributed by atoms with E-state index in [0.29, 0.717) is 13.0 Å². The molecule has 21 heavy (non-hydrogen) atoms. The zero-order valence-corrected chi connectivity index (χ0v) is 12.4. The molecular formula is C16H21NO4. The van der Waals surface area contributed by atoms with Crippen LogP contribution in [-0.2, 0) is 14.3 Å². The van der Waals surface area contributed by atoms with Gasteiger partial charge in [0.25, 0.3) is 0 Å². The van der Waals surface area contributed by atoms with Crippen molar-refractivity contribution >= 4 is 11.9 Å². The average molecular weight is 291 g/mol. The summed E-state index contributed by atoms with van der Waals surface area (Å²) < 4.78 is 5.35. The maximum Gasteiger partial charge on any atom is 0.334 e. The van der Waals surface area contributed by atoms with E-state index < -0.39 is 12.1 Å². The van der Waals surface area contributed by atoms with E-state index in [1.165, 1.54) is 0 Å². The molecule has 1 heterocycles. The number of carboxylic acid groups (broad SMARTS) is 1. The van der Waals surface area contributed by atoms with Crippen LogP contribution in [0.15, 0.2) is 30.3 Å². The highest BCUT2D eigenvalue weighted by Crippen LogP contribution is 2.24. The Hall–Kier alpha value is -1.88. The number of hydrogen-bond donors (Lipinski definition) is 1. The highest BCUT2D eigenvalue weighted by molar-refractivity contribution is 5.84. The molecule has 5 nitrogen and oxygen atoms in total. The van der Waals surface area contributed by atoms with Gasteiger partial charge in [0.05, 0.1) is 18.6 Å². The Labute approximate surface area is 124 Å². The van der Waals surface area contributed by atoms with Crippen molar-refractivity contribution in [1.29, 1.82) is 0 Å². The maximum absolute atomic E-state index is 12.7. The lowest BCUT2D eigenvalue weighted by Gasteiger charge is -2.36. The summed E-state index contributed by atoms with van der Waals surface area (Å²) in [4.78, 5) is 25.5. The molecule has 1 aliphatic rings. The van der Waals surface area contributed by atoms with Crippen LogP contribution in [0, 0.1) is 0 Å². The second-order valence-corrected chi connectivity index (χ2v) is 5.39. The van der Waals surface area contributed by atoms with Crippen molar-refractivity contribution in [2.45, 2.75) is 38.4 Å². The van der Waals surface area contributed by atoms with Crippen molar-refractivity contribution in [2.24, 2.45) is 0 Å². The third-order valence-corrected chi connectivity index (χ3v) is 3.76. The minimum absolute atomic E-state index is 0.0231. The van der Waals surface area contributed by atoms with Gasteiger partial charge in [-0.05, 0) is 18.9 Å². The Balaban J connectivity index is 2.15. The highest BCUT2D eigenvalue weighted by Gasteiger charge is 2.35. The Morgan fingerprint density at radius 1 is 1.33 bits per heavy atom. The van der Waals surface area contributed by atoms with Crippen LogP contribution in [-0.4, -0.2) is 47.2 Å². The minimum Gasteiger partial charge on any atom is -0.479 e. The number of carbonyl (C=O) groups excluding carboxylic acids is 1. The van der Waals surface area contributed by atoms with Gasteiger partial charge in [-0.2, -0.15) is 0 Å². The molecule has 2 rings (SSSR count). The van der Waals surface area contributed by atoms with Gasteiger partial charge in [0, 0.05) is 6.54 Å². The van der Waals surface area contributed by atoms with Crippen LogP contribution in [0.1, 0.15) is 31.7 Å². The molecule has 1 aromatic carbocycles. The van der Waals surface area contributed by atoms with Crippen LogP contribution in [0.4, 0.5) is 0 Å². The average Bonchev–Trinajstić information content (AvgIpc) is 2.48. The van der Waals surface area contributed by atoms with Crippen molar-refractivity contribution in [3.05, 3.63) is 35.9 Å². The van der Waals surface area contributed by atoms with Crippen molar-refractivity contribution in [3.8, 4) is 0 Å². The molecule has 1 amide bonds. The molecule has 3 atom stereocenters. The fourth-order valence-electron chi connectivity index (χ4n) is 2.73. The minimum atomic E-state index is -1.02. The molecule has 2 unspecified atom stereocenters. The van der Waals surface area contributed by atoms with Gasteiger partial charge < -0.3 is 14.7 Å². The van der Waals surface area contributed by atoms with Gasteiger partial charge in [0.2, 0.25) is 5.91 Å². The molecule has 1 N–H and O–H groups in total. The first-order valence-corrected chi connectivity index (χ1v) is 7.25. The molecule has 0 bridgehead atoms. The monoisotopic (exact) mass is 291 g/mol. The summed E-state index contributed by atoms with van der Waals surface area (Å²) in [6.45, 7) is 4.31. The maximum atomic E-state index is 12.7. The van der Waals surface area contributed by atoms with E-state index in [1.54, 1.807) is 11.8 Å². The quantitative estimate of drug-likeness (QED) is 0.920. The molecule has 1 fully saturated rings. The zero-order valence-electron chi connectivity index (χ0n) is 12.4. The summed E-state index contributed by atoms with van der Waals surface area (Å²) in [6.07, 6.45) is -0.519. The summed E-state index contributed by atoms with van der Waals surface area (Å²) in [5, 5.41) is 9.11. The van der Waals surface area contributed by atoms with Gasteiger partial charge in [0.1, 0.15) is 0 Å². The smallest absolute Gasteiger partial charge is 0.334 e. The number of carbonyl (C=O) groups is 2. The molecule has 1 saturated heterocycles. The standard InChI is InChI=1S/C16H21NO4/c1-3-13(12-7-5-4-6-8-12)15(18)17-9-11(2)21-14(10-17)16(19)20/h4-8,11,13-14H,3,9-10H2,1-2H3,(H,19,20)/t11-,13?,14?/m1/s1. The lowest BCUT2D eigenvalue weighted by molar-refractivity contribution is -0.167. The number of carboxylic acids is 1. The predicted molar refractivity (Wildman–Crippen MR) is 78.0 cm³/mol. The number of ether oxygens (including phenoxy) is 1. The lowest BCUT2D eigenvalue weighted by Crippen LogP contribution is -2.52. The molecule has 0 saturated carbocycles. The largest absolute Gasteiger partial charge is 0.479 e. The third-order valence-electron chi connectivity index (χ3n) is 3.76. The second kappa shape index (κ2) is 6.72. The first-order chi connectivity index (χ1) is 10.0. The Morgan fingerprint density at radius 2 is 2.00 bits per heavy atom. The van der Waals surface area contributed by atoms with E-state index in [0.717, 1.165) is 5.56 Å². The number of hydrogen-bond acceptors (Lipinski definition) is 3. The summed E-state index contributed by atoms with van der Waals surface area (Å²) in [6, 6.07) is 9.60. The van der Waals surface area contributed by atoms with E-state index in [-0.39, 0.29) is 24.5 Å². The Morgan fingerprint density at radius 3 is 2.57 bits per heavy atom. The highest BCUT2D eigenvalue weighted by atomic mass is 16.5. The molecule has 1 aliphatic heterocycles. The molecule has 1 aromatic rings. The van der Waals surface area contributed by atoms with Gasteiger partial charge in [-0.25, -0.2) is 4.79 Å². The van der Waals surface area contributed by atoms with Crippen molar-refractivity contribution in [2.75, 3.05) is 13.1 Å². The number of aliphatic carboxylic acids is 1.